The van der Waals surface area contributed by atoms with Gasteiger partial charge in [-0.05, 0) is 6.07 Å². The molecule has 0 aromatic carbocycles. The van der Waals surface area contributed by atoms with Crippen molar-refractivity contribution < 1.29 is 14.6 Å². The summed E-state index contributed by atoms with van der Waals surface area (Å²) >= 11 is 0. The Kier molecular flexibility index (Phi) is 4.00. The Labute approximate surface area is 117 Å². The summed E-state index contributed by atoms with van der Waals surface area (Å²) in [6.45, 7) is 4.26. The molecule has 3 heterocycles. The molecule has 3 rings (SSSR count). The number of aliphatic hydroxyl groups excluding tert-OH is 1. The van der Waals surface area contributed by atoms with E-state index < -0.39 is 6.10 Å². The first-order valence-corrected chi connectivity index (χ1v) is 6.99. The Balaban J connectivity index is 1.58. The van der Waals surface area contributed by atoms with Crippen molar-refractivity contribution in [2.24, 2.45) is 0 Å². The Morgan fingerprint density at radius 1 is 1.35 bits per heavy atom. The van der Waals surface area contributed by atoms with Gasteiger partial charge in [0.2, 0.25) is 5.91 Å². The maximum absolute atomic E-state index is 12.2. The molecular formula is C13H20N4O3. The van der Waals surface area contributed by atoms with E-state index in [1.54, 1.807) is 28.0 Å². The minimum atomic E-state index is -0.477. The molecular weight excluding hydrogens is 260 g/mol. The van der Waals surface area contributed by atoms with Gasteiger partial charge in [0, 0.05) is 38.6 Å². The van der Waals surface area contributed by atoms with Crippen LogP contribution in [-0.4, -0.2) is 82.1 Å². The van der Waals surface area contributed by atoms with Gasteiger partial charge in [0.15, 0.2) is 0 Å². The minimum Gasteiger partial charge on any atom is -0.390 e. The molecule has 1 aromatic rings. The molecule has 1 N–H and O–H groups in total. The number of amides is 1. The van der Waals surface area contributed by atoms with E-state index in [-0.39, 0.29) is 18.5 Å². The van der Waals surface area contributed by atoms with Crippen LogP contribution in [0.5, 0.6) is 0 Å². The Morgan fingerprint density at radius 3 is 2.85 bits per heavy atom. The lowest BCUT2D eigenvalue weighted by molar-refractivity contribution is -0.131. The smallest absolute Gasteiger partial charge is 0.244 e. The predicted molar refractivity (Wildman–Crippen MR) is 71.0 cm³/mol. The lowest BCUT2D eigenvalue weighted by atomic mass is 10.2. The lowest BCUT2D eigenvalue weighted by Crippen LogP contribution is -2.49. The molecule has 1 amide bonds. The number of likely N-dealkylation sites (tertiary alicyclic amines) is 1. The predicted octanol–water partition coefficient (Wildman–Crippen LogP) is -1.21. The first kappa shape index (κ1) is 13.5. The van der Waals surface area contributed by atoms with Crippen LogP contribution in [0.2, 0.25) is 0 Å². The molecule has 0 spiro atoms. The van der Waals surface area contributed by atoms with Gasteiger partial charge in [0.25, 0.3) is 0 Å². The van der Waals surface area contributed by atoms with Crippen molar-refractivity contribution in [3.8, 4) is 0 Å². The second-order valence-corrected chi connectivity index (χ2v) is 5.29. The van der Waals surface area contributed by atoms with E-state index in [1.807, 2.05) is 0 Å². The normalized spacial score (nSPS) is 27.9. The van der Waals surface area contributed by atoms with Crippen LogP contribution in [0.25, 0.3) is 0 Å². The zero-order chi connectivity index (χ0) is 13.9. The van der Waals surface area contributed by atoms with Gasteiger partial charge in [0.1, 0.15) is 6.54 Å². The second-order valence-electron chi connectivity index (χ2n) is 5.29. The number of ether oxygens (including phenoxy) is 1. The van der Waals surface area contributed by atoms with E-state index >= 15 is 0 Å². The molecule has 2 saturated heterocycles. The minimum absolute atomic E-state index is 0.00325. The fraction of sp³-hybridized carbons (Fsp3) is 0.692. The number of carbonyl (C=O) groups is 1. The van der Waals surface area contributed by atoms with Gasteiger partial charge in [-0.2, -0.15) is 5.10 Å². The summed E-state index contributed by atoms with van der Waals surface area (Å²) in [6.07, 6.45) is 2.95. The number of hydrogen-bond donors (Lipinski definition) is 1. The van der Waals surface area contributed by atoms with Gasteiger partial charge in [-0.25, -0.2) is 0 Å². The average Bonchev–Trinajstić information content (AvgIpc) is 3.09. The van der Waals surface area contributed by atoms with Gasteiger partial charge in [-0.1, -0.05) is 0 Å². The third kappa shape index (κ3) is 2.84. The molecule has 20 heavy (non-hydrogen) atoms. The zero-order valence-corrected chi connectivity index (χ0v) is 11.4. The van der Waals surface area contributed by atoms with E-state index in [4.69, 9.17) is 4.74 Å². The van der Waals surface area contributed by atoms with Crippen molar-refractivity contribution in [1.29, 1.82) is 0 Å². The van der Waals surface area contributed by atoms with Crippen LogP contribution < -0.4 is 0 Å². The molecule has 2 aliphatic rings. The van der Waals surface area contributed by atoms with Gasteiger partial charge in [0.05, 0.1) is 25.4 Å². The molecule has 0 saturated carbocycles. The third-order valence-corrected chi connectivity index (χ3v) is 3.98. The molecule has 7 heteroatoms. The highest BCUT2D eigenvalue weighted by molar-refractivity contribution is 5.76. The van der Waals surface area contributed by atoms with E-state index in [1.165, 1.54) is 0 Å². The fourth-order valence-corrected chi connectivity index (χ4v) is 2.87. The standard InChI is InChI=1S/C13H20N4O3/c18-12-9-16(13(19)10-17-3-1-2-14-17)8-11(12)15-4-6-20-7-5-15/h1-3,11-12,18H,4-10H2/t11-,12-/m1/s1. The van der Waals surface area contributed by atoms with Crippen molar-refractivity contribution in [3.63, 3.8) is 0 Å². The first-order chi connectivity index (χ1) is 9.74. The van der Waals surface area contributed by atoms with E-state index in [2.05, 4.69) is 10.00 Å². The number of aliphatic hydroxyl groups is 1. The Morgan fingerprint density at radius 2 is 2.15 bits per heavy atom. The maximum atomic E-state index is 12.2. The largest absolute Gasteiger partial charge is 0.390 e. The van der Waals surface area contributed by atoms with E-state index in [9.17, 15) is 9.90 Å². The first-order valence-electron chi connectivity index (χ1n) is 6.99. The molecule has 0 aliphatic carbocycles. The number of carbonyl (C=O) groups excluding carboxylic acids is 1. The molecule has 110 valence electrons. The molecule has 2 fully saturated rings. The summed E-state index contributed by atoms with van der Waals surface area (Å²) < 4.78 is 6.93. The summed E-state index contributed by atoms with van der Waals surface area (Å²) in [6, 6.07) is 1.82. The second kappa shape index (κ2) is 5.90. The Hall–Kier alpha value is -1.44. The fourth-order valence-electron chi connectivity index (χ4n) is 2.87. The van der Waals surface area contributed by atoms with Crippen LogP contribution in [0.15, 0.2) is 18.5 Å². The topological polar surface area (TPSA) is 70.8 Å². The number of aromatic nitrogens is 2. The molecule has 2 aliphatic heterocycles. The number of hydrogen-bond acceptors (Lipinski definition) is 5. The van der Waals surface area contributed by atoms with Crippen LogP contribution >= 0.6 is 0 Å². The summed E-state index contributed by atoms with van der Waals surface area (Å²) in [4.78, 5) is 16.1. The quantitative estimate of drug-likeness (QED) is 0.752. The van der Waals surface area contributed by atoms with E-state index in [0.29, 0.717) is 26.3 Å². The highest BCUT2D eigenvalue weighted by atomic mass is 16.5. The van der Waals surface area contributed by atoms with Crippen LogP contribution in [-0.2, 0) is 16.1 Å². The monoisotopic (exact) mass is 280 g/mol. The molecule has 1 aromatic heterocycles. The number of morpholine rings is 1. The molecule has 0 radical (unpaired) electrons. The van der Waals surface area contributed by atoms with Crippen LogP contribution in [0.4, 0.5) is 0 Å². The number of β-amino-alcohol motifs (C(OH)–C–C–N with tert-alkyl or cyclic N) is 1. The van der Waals surface area contributed by atoms with Crippen molar-refractivity contribution in [2.45, 2.75) is 18.7 Å². The summed E-state index contributed by atoms with van der Waals surface area (Å²) in [5, 5.41) is 14.2. The summed E-state index contributed by atoms with van der Waals surface area (Å²) in [7, 11) is 0. The van der Waals surface area contributed by atoms with Gasteiger partial charge in [-0.15, -0.1) is 0 Å². The van der Waals surface area contributed by atoms with Crippen molar-refractivity contribution in [1.82, 2.24) is 19.6 Å². The van der Waals surface area contributed by atoms with Crippen molar-refractivity contribution >= 4 is 5.91 Å². The SMILES string of the molecule is O=C(Cn1cccn1)N1C[C@@H](O)[C@H](N2CCOCC2)C1. The molecule has 0 unspecified atom stereocenters. The third-order valence-electron chi connectivity index (χ3n) is 3.98. The van der Waals surface area contributed by atoms with Gasteiger partial charge in [-0.3, -0.25) is 14.4 Å². The lowest BCUT2D eigenvalue weighted by Gasteiger charge is -2.33. The van der Waals surface area contributed by atoms with Crippen LogP contribution in [0.3, 0.4) is 0 Å². The average molecular weight is 280 g/mol. The van der Waals surface area contributed by atoms with Crippen LogP contribution in [0.1, 0.15) is 0 Å². The number of nitrogens with zero attached hydrogens (tertiary/aromatic N) is 4. The molecule has 2 atom stereocenters. The zero-order valence-electron chi connectivity index (χ0n) is 11.4. The Bertz CT molecular complexity index is 444. The highest BCUT2D eigenvalue weighted by Gasteiger charge is 2.37. The summed E-state index contributed by atoms with van der Waals surface area (Å²) in [5.74, 6) is 0.00325. The molecule has 0 bridgehead atoms. The molecule has 7 nitrogen and oxygen atoms in total. The van der Waals surface area contributed by atoms with Crippen molar-refractivity contribution in [2.75, 3.05) is 39.4 Å². The maximum Gasteiger partial charge on any atom is 0.244 e. The van der Waals surface area contributed by atoms with Gasteiger partial charge < -0.3 is 14.7 Å². The van der Waals surface area contributed by atoms with E-state index in [0.717, 1.165) is 13.1 Å². The van der Waals surface area contributed by atoms with Crippen LogP contribution in [0, 0.1) is 0 Å². The van der Waals surface area contributed by atoms with Gasteiger partial charge >= 0.3 is 0 Å². The highest BCUT2D eigenvalue weighted by Crippen LogP contribution is 2.18. The number of rotatable bonds is 3. The van der Waals surface area contributed by atoms with Crippen molar-refractivity contribution in [3.05, 3.63) is 18.5 Å². The summed E-state index contributed by atoms with van der Waals surface area (Å²) in [5.41, 5.74) is 0.